The van der Waals surface area contributed by atoms with Crippen molar-refractivity contribution in [3.05, 3.63) is 187 Å². The molecule has 0 aliphatic heterocycles. The largest absolute Gasteiger partial charge is 0.344 e. The van der Waals surface area contributed by atoms with Gasteiger partial charge in [0.1, 0.15) is 0 Å². The Morgan fingerprint density at radius 3 is 1.50 bits per heavy atom. The van der Waals surface area contributed by atoms with Crippen LogP contribution < -0.4 is 9.80 Å². The molecule has 0 atom stereocenters. The highest BCUT2D eigenvalue weighted by Crippen LogP contribution is 2.51. The molecule has 1 aliphatic rings. The summed E-state index contributed by atoms with van der Waals surface area (Å²) < 4.78 is 0. The molecule has 0 unspecified atom stereocenters. The van der Waals surface area contributed by atoms with Crippen molar-refractivity contribution in [3.63, 3.8) is 0 Å². The van der Waals surface area contributed by atoms with Crippen LogP contribution in [0.25, 0.3) is 33.4 Å². The van der Waals surface area contributed by atoms with E-state index in [4.69, 9.17) is 0 Å². The third kappa shape index (κ3) is 5.07. The summed E-state index contributed by atoms with van der Waals surface area (Å²) in [7, 11) is 2.13. The molecular weight excluding hydrogens is 581 g/mol. The topological polar surface area (TPSA) is 6.48 Å². The Balaban J connectivity index is 1.21. The number of rotatable bonds is 7. The first-order chi connectivity index (χ1) is 23.5. The van der Waals surface area contributed by atoms with Crippen LogP contribution in [0.3, 0.4) is 0 Å². The van der Waals surface area contributed by atoms with Gasteiger partial charge >= 0.3 is 0 Å². The maximum absolute atomic E-state index is 2.41. The fourth-order valence-corrected chi connectivity index (χ4v) is 7.38. The predicted octanol–water partition coefficient (Wildman–Crippen LogP) is 12.6. The highest BCUT2D eigenvalue weighted by molar-refractivity contribution is 5.91. The summed E-state index contributed by atoms with van der Waals surface area (Å²) in [6.07, 6.45) is 0. The van der Waals surface area contributed by atoms with E-state index < -0.39 is 0 Å². The standard InChI is InChI=1S/C46H38N2/c1-46(2)42-23-13-10-22-40(42)41-31-30-37(32-43(41)46)48(36-18-8-5-9-19-36)45-25-15-12-21-39(45)34-28-26-33(27-29-34)38-20-11-14-24-44(38)47(3)35-16-6-4-7-17-35/h4-32H,1-3H3. The van der Waals surface area contributed by atoms with E-state index >= 15 is 0 Å². The van der Waals surface area contributed by atoms with Crippen LogP contribution in [0, 0.1) is 0 Å². The second-order valence-corrected chi connectivity index (χ2v) is 13.1. The maximum atomic E-state index is 2.41. The zero-order valence-electron chi connectivity index (χ0n) is 27.6. The maximum Gasteiger partial charge on any atom is 0.0540 e. The van der Waals surface area contributed by atoms with Crippen molar-refractivity contribution in [2.75, 3.05) is 16.8 Å². The molecule has 0 saturated heterocycles. The number of benzene rings is 7. The van der Waals surface area contributed by atoms with Crippen molar-refractivity contribution in [1.82, 2.24) is 0 Å². The SMILES string of the molecule is CN(c1ccccc1)c1ccccc1-c1ccc(-c2ccccc2N(c2ccccc2)c2ccc3c(c2)C(C)(C)c2ccccc2-3)cc1. The van der Waals surface area contributed by atoms with Crippen LogP contribution >= 0.6 is 0 Å². The minimum Gasteiger partial charge on any atom is -0.344 e. The minimum absolute atomic E-state index is 0.0789. The number of nitrogens with zero attached hydrogens (tertiary/aromatic N) is 2. The van der Waals surface area contributed by atoms with Crippen molar-refractivity contribution in [3.8, 4) is 33.4 Å². The van der Waals surface area contributed by atoms with Gasteiger partial charge in [0.05, 0.1) is 5.69 Å². The number of fused-ring (bicyclic) bond motifs is 3. The summed E-state index contributed by atoms with van der Waals surface area (Å²) >= 11 is 0. The van der Waals surface area contributed by atoms with Crippen LogP contribution in [-0.4, -0.2) is 7.05 Å². The summed E-state index contributed by atoms with van der Waals surface area (Å²) in [6, 6.07) is 63.5. The Morgan fingerprint density at radius 2 is 0.854 bits per heavy atom. The van der Waals surface area contributed by atoms with E-state index in [-0.39, 0.29) is 5.41 Å². The van der Waals surface area contributed by atoms with Gasteiger partial charge < -0.3 is 9.80 Å². The molecule has 0 amide bonds. The van der Waals surface area contributed by atoms with Gasteiger partial charge in [-0.25, -0.2) is 0 Å². The van der Waals surface area contributed by atoms with Gasteiger partial charge in [-0.3, -0.25) is 0 Å². The molecule has 0 N–H and O–H groups in total. The molecule has 232 valence electrons. The molecule has 0 saturated carbocycles. The summed E-state index contributed by atoms with van der Waals surface area (Å²) in [5, 5.41) is 0. The van der Waals surface area contributed by atoms with E-state index in [1.165, 1.54) is 50.2 Å². The van der Waals surface area contributed by atoms with Crippen LogP contribution in [0.15, 0.2) is 176 Å². The molecule has 0 bridgehead atoms. The van der Waals surface area contributed by atoms with E-state index in [2.05, 4.69) is 207 Å². The van der Waals surface area contributed by atoms with Crippen LogP contribution in [0.4, 0.5) is 28.4 Å². The van der Waals surface area contributed by atoms with Gasteiger partial charge in [0.2, 0.25) is 0 Å². The van der Waals surface area contributed by atoms with Gasteiger partial charge in [0, 0.05) is 46.3 Å². The third-order valence-corrected chi connectivity index (χ3v) is 9.90. The first kappa shape index (κ1) is 29.5. The van der Waals surface area contributed by atoms with E-state index in [1.54, 1.807) is 0 Å². The molecular formula is C46H38N2. The van der Waals surface area contributed by atoms with Crippen molar-refractivity contribution in [2.45, 2.75) is 19.3 Å². The average molecular weight is 619 g/mol. The van der Waals surface area contributed by atoms with E-state index in [9.17, 15) is 0 Å². The Labute approximate surface area is 284 Å². The lowest BCUT2D eigenvalue weighted by atomic mass is 9.82. The molecule has 48 heavy (non-hydrogen) atoms. The smallest absolute Gasteiger partial charge is 0.0540 e. The first-order valence-corrected chi connectivity index (χ1v) is 16.7. The van der Waals surface area contributed by atoms with E-state index in [0.29, 0.717) is 0 Å². The molecule has 2 heteroatoms. The lowest BCUT2D eigenvalue weighted by molar-refractivity contribution is 0.660. The molecule has 0 aromatic heterocycles. The van der Waals surface area contributed by atoms with Gasteiger partial charge in [0.15, 0.2) is 0 Å². The Kier molecular flexibility index (Phi) is 7.42. The molecule has 1 aliphatic carbocycles. The highest BCUT2D eigenvalue weighted by Gasteiger charge is 2.35. The number of hydrogen-bond donors (Lipinski definition) is 0. The summed E-state index contributed by atoms with van der Waals surface area (Å²) in [4.78, 5) is 4.67. The van der Waals surface area contributed by atoms with Crippen molar-refractivity contribution in [1.29, 1.82) is 0 Å². The average Bonchev–Trinajstić information content (AvgIpc) is 3.38. The molecule has 7 aromatic rings. The Hall–Kier alpha value is -5.86. The fraction of sp³-hybridized carbons (Fsp3) is 0.0870. The Morgan fingerprint density at radius 1 is 0.375 bits per heavy atom. The quantitative estimate of drug-likeness (QED) is 0.175. The molecule has 0 heterocycles. The van der Waals surface area contributed by atoms with Gasteiger partial charge in [-0.2, -0.15) is 0 Å². The van der Waals surface area contributed by atoms with Gasteiger partial charge in [-0.15, -0.1) is 0 Å². The van der Waals surface area contributed by atoms with Crippen molar-refractivity contribution >= 4 is 28.4 Å². The predicted molar refractivity (Wildman–Crippen MR) is 204 cm³/mol. The molecule has 0 radical (unpaired) electrons. The number of anilines is 5. The van der Waals surface area contributed by atoms with Crippen molar-refractivity contribution < 1.29 is 0 Å². The van der Waals surface area contributed by atoms with Gasteiger partial charge in [-0.1, -0.05) is 141 Å². The second kappa shape index (κ2) is 12.1. The van der Waals surface area contributed by atoms with Crippen molar-refractivity contribution in [2.24, 2.45) is 0 Å². The van der Waals surface area contributed by atoms with E-state index in [0.717, 1.165) is 22.7 Å². The Bertz CT molecular complexity index is 2220. The van der Waals surface area contributed by atoms with Crippen LogP contribution in [-0.2, 0) is 5.41 Å². The van der Waals surface area contributed by atoms with Gasteiger partial charge in [0.25, 0.3) is 0 Å². The fourth-order valence-electron chi connectivity index (χ4n) is 7.38. The zero-order chi connectivity index (χ0) is 32.7. The number of para-hydroxylation sites is 4. The molecule has 0 fully saturated rings. The van der Waals surface area contributed by atoms with Crippen LogP contribution in [0.1, 0.15) is 25.0 Å². The normalized spacial score (nSPS) is 12.6. The molecule has 7 aromatic carbocycles. The zero-order valence-corrected chi connectivity index (χ0v) is 27.6. The minimum atomic E-state index is -0.0789. The summed E-state index contributed by atoms with van der Waals surface area (Å²) in [6.45, 7) is 4.69. The monoisotopic (exact) mass is 618 g/mol. The van der Waals surface area contributed by atoms with Crippen LogP contribution in [0.5, 0.6) is 0 Å². The molecule has 0 spiro atoms. The van der Waals surface area contributed by atoms with Gasteiger partial charge in [-0.05, 0) is 81.9 Å². The highest BCUT2D eigenvalue weighted by atomic mass is 15.1. The van der Waals surface area contributed by atoms with E-state index in [1.807, 2.05) is 0 Å². The lowest BCUT2D eigenvalue weighted by Gasteiger charge is -2.29. The number of hydrogen-bond acceptors (Lipinski definition) is 2. The first-order valence-electron chi connectivity index (χ1n) is 16.7. The molecule has 8 rings (SSSR count). The van der Waals surface area contributed by atoms with Crippen LogP contribution in [0.2, 0.25) is 0 Å². The third-order valence-electron chi connectivity index (χ3n) is 9.90. The molecule has 2 nitrogen and oxygen atoms in total. The lowest BCUT2D eigenvalue weighted by Crippen LogP contribution is -2.16. The summed E-state index contributed by atoms with van der Waals surface area (Å²) in [5.41, 5.74) is 15.9. The second-order valence-electron chi connectivity index (χ2n) is 13.1. The summed E-state index contributed by atoms with van der Waals surface area (Å²) in [5.74, 6) is 0.